The molecule has 4 heteroatoms. The molecule has 1 unspecified atom stereocenters. The minimum Gasteiger partial charge on any atom is -0.339 e. The molecule has 0 N–H and O–H groups in total. The fraction of sp³-hybridized carbons (Fsp3) is 0.300. The molecule has 3 aromatic rings. The molecular weight excluding hydrogens is 298 g/mol. The molecule has 2 heterocycles. The lowest BCUT2D eigenvalue weighted by Crippen LogP contribution is -2.19. The number of benzene rings is 2. The largest absolute Gasteiger partial charge is 0.339 e. The van der Waals surface area contributed by atoms with Gasteiger partial charge < -0.3 is 4.52 Å². The lowest BCUT2D eigenvalue weighted by molar-refractivity contribution is 0.309. The van der Waals surface area contributed by atoms with Crippen LogP contribution in [0.3, 0.4) is 0 Å². The summed E-state index contributed by atoms with van der Waals surface area (Å²) in [6, 6.07) is 18.7. The quantitative estimate of drug-likeness (QED) is 0.728. The number of nitrogens with zero attached hydrogens (tertiary/aromatic N) is 3. The lowest BCUT2D eigenvalue weighted by Gasteiger charge is -2.15. The van der Waals surface area contributed by atoms with Gasteiger partial charge in [0.25, 0.3) is 0 Å². The molecular formula is C20H21N3O. The van der Waals surface area contributed by atoms with E-state index >= 15 is 0 Å². The van der Waals surface area contributed by atoms with Gasteiger partial charge in [0.2, 0.25) is 11.7 Å². The van der Waals surface area contributed by atoms with E-state index in [9.17, 15) is 0 Å². The van der Waals surface area contributed by atoms with Crippen molar-refractivity contribution in [2.75, 3.05) is 13.1 Å². The number of rotatable bonds is 4. The van der Waals surface area contributed by atoms with Crippen LogP contribution in [0.5, 0.6) is 0 Å². The van der Waals surface area contributed by atoms with Gasteiger partial charge in [-0.3, -0.25) is 4.90 Å². The Morgan fingerprint density at radius 1 is 1.12 bits per heavy atom. The van der Waals surface area contributed by atoms with Crippen LogP contribution in [0.2, 0.25) is 0 Å². The van der Waals surface area contributed by atoms with E-state index in [0.717, 1.165) is 37.5 Å². The molecule has 24 heavy (non-hydrogen) atoms. The van der Waals surface area contributed by atoms with Gasteiger partial charge >= 0.3 is 0 Å². The highest BCUT2D eigenvalue weighted by molar-refractivity contribution is 5.53. The van der Waals surface area contributed by atoms with Crippen LogP contribution in [0.1, 0.15) is 29.4 Å². The summed E-state index contributed by atoms with van der Waals surface area (Å²) in [6.45, 7) is 5.17. The third-order valence-electron chi connectivity index (χ3n) is 4.58. The summed E-state index contributed by atoms with van der Waals surface area (Å²) in [7, 11) is 0. The molecule has 1 aliphatic rings. The fourth-order valence-corrected chi connectivity index (χ4v) is 3.35. The zero-order chi connectivity index (χ0) is 16.4. The van der Waals surface area contributed by atoms with Crippen molar-refractivity contribution in [2.24, 2.45) is 0 Å². The number of likely N-dealkylation sites (tertiary alicyclic amines) is 1. The van der Waals surface area contributed by atoms with Gasteiger partial charge in [-0.05, 0) is 25.5 Å². The molecule has 1 aliphatic heterocycles. The van der Waals surface area contributed by atoms with Crippen molar-refractivity contribution in [1.29, 1.82) is 0 Å². The molecule has 2 aromatic carbocycles. The Morgan fingerprint density at radius 3 is 2.83 bits per heavy atom. The van der Waals surface area contributed by atoms with Crippen LogP contribution in [-0.4, -0.2) is 28.1 Å². The number of aryl methyl sites for hydroxylation is 1. The number of hydrogen-bond donors (Lipinski definition) is 0. The van der Waals surface area contributed by atoms with Gasteiger partial charge in [0.05, 0.1) is 5.92 Å². The molecule has 0 spiro atoms. The zero-order valence-corrected chi connectivity index (χ0v) is 13.9. The first-order chi connectivity index (χ1) is 11.8. The van der Waals surface area contributed by atoms with Gasteiger partial charge in [0.1, 0.15) is 0 Å². The van der Waals surface area contributed by atoms with Crippen molar-refractivity contribution in [2.45, 2.75) is 25.8 Å². The van der Waals surface area contributed by atoms with Gasteiger partial charge in [0, 0.05) is 18.7 Å². The summed E-state index contributed by atoms with van der Waals surface area (Å²) in [5.41, 5.74) is 3.68. The van der Waals surface area contributed by atoms with E-state index in [-0.39, 0.29) is 0 Å². The van der Waals surface area contributed by atoms with Gasteiger partial charge in [-0.25, -0.2) is 0 Å². The molecule has 1 atom stereocenters. The molecule has 1 fully saturated rings. The van der Waals surface area contributed by atoms with E-state index in [0.29, 0.717) is 11.7 Å². The first-order valence-electron chi connectivity index (χ1n) is 8.45. The van der Waals surface area contributed by atoms with Crippen LogP contribution in [0.25, 0.3) is 11.4 Å². The van der Waals surface area contributed by atoms with Crippen LogP contribution in [-0.2, 0) is 6.54 Å². The third kappa shape index (κ3) is 3.24. The fourth-order valence-electron chi connectivity index (χ4n) is 3.35. The predicted molar refractivity (Wildman–Crippen MR) is 93.5 cm³/mol. The monoisotopic (exact) mass is 319 g/mol. The molecule has 0 amide bonds. The molecule has 0 bridgehead atoms. The standard InChI is InChI=1S/C20H21N3O/c1-15-6-5-7-16(12-15)13-23-11-10-18(14-23)20-21-19(22-24-20)17-8-3-2-4-9-17/h2-9,12,18H,10-11,13-14H2,1H3. The molecule has 1 aromatic heterocycles. The molecule has 122 valence electrons. The van der Waals surface area contributed by atoms with Crippen LogP contribution in [0, 0.1) is 6.92 Å². The van der Waals surface area contributed by atoms with E-state index in [2.05, 4.69) is 46.2 Å². The number of hydrogen-bond acceptors (Lipinski definition) is 4. The van der Waals surface area contributed by atoms with E-state index in [1.165, 1.54) is 11.1 Å². The van der Waals surface area contributed by atoms with Crippen molar-refractivity contribution in [3.05, 3.63) is 71.6 Å². The molecule has 4 rings (SSSR count). The Bertz CT molecular complexity index is 813. The minimum atomic E-state index is 0.333. The zero-order valence-electron chi connectivity index (χ0n) is 13.9. The molecule has 0 saturated carbocycles. The topological polar surface area (TPSA) is 42.2 Å². The second kappa shape index (κ2) is 6.57. The maximum Gasteiger partial charge on any atom is 0.231 e. The molecule has 4 nitrogen and oxygen atoms in total. The van der Waals surface area contributed by atoms with E-state index in [4.69, 9.17) is 4.52 Å². The van der Waals surface area contributed by atoms with Crippen molar-refractivity contribution < 1.29 is 4.52 Å². The maximum absolute atomic E-state index is 5.53. The Hall–Kier alpha value is -2.46. The summed E-state index contributed by atoms with van der Waals surface area (Å²) >= 11 is 0. The normalized spacial score (nSPS) is 18.1. The smallest absolute Gasteiger partial charge is 0.231 e. The average molecular weight is 319 g/mol. The highest BCUT2D eigenvalue weighted by Gasteiger charge is 2.28. The van der Waals surface area contributed by atoms with Gasteiger partial charge in [-0.1, -0.05) is 65.3 Å². The molecule has 0 radical (unpaired) electrons. The first-order valence-corrected chi connectivity index (χ1v) is 8.45. The second-order valence-electron chi connectivity index (χ2n) is 6.53. The van der Waals surface area contributed by atoms with Gasteiger partial charge in [-0.2, -0.15) is 4.98 Å². The summed E-state index contributed by atoms with van der Waals surface area (Å²) < 4.78 is 5.53. The Morgan fingerprint density at radius 2 is 2.00 bits per heavy atom. The summed E-state index contributed by atoms with van der Waals surface area (Å²) in [6.07, 6.45) is 1.07. The van der Waals surface area contributed by atoms with Crippen LogP contribution < -0.4 is 0 Å². The van der Waals surface area contributed by atoms with Crippen molar-refractivity contribution in [3.63, 3.8) is 0 Å². The van der Waals surface area contributed by atoms with Gasteiger partial charge in [0.15, 0.2) is 0 Å². The van der Waals surface area contributed by atoms with Gasteiger partial charge in [-0.15, -0.1) is 0 Å². The van der Waals surface area contributed by atoms with Crippen LogP contribution in [0.4, 0.5) is 0 Å². The van der Waals surface area contributed by atoms with Crippen LogP contribution in [0.15, 0.2) is 59.1 Å². The van der Waals surface area contributed by atoms with Crippen molar-refractivity contribution in [3.8, 4) is 11.4 Å². The maximum atomic E-state index is 5.53. The Balaban J connectivity index is 1.43. The highest BCUT2D eigenvalue weighted by atomic mass is 16.5. The average Bonchev–Trinajstić information content (AvgIpc) is 3.25. The SMILES string of the molecule is Cc1cccc(CN2CCC(c3nc(-c4ccccc4)no3)C2)c1. The van der Waals surface area contributed by atoms with Crippen molar-refractivity contribution in [1.82, 2.24) is 15.0 Å². The predicted octanol–water partition coefficient (Wildman–Crippen LogP) is 4.03. The third-order valence-corrected chi connectivity index (χ3v) is 4.58. The van der Waals surface area contributed by atoms with Crippen LogP contribution >= 0.6 is 0 Å². The summed E-state index contributed by atoms with van der Waals surface area (Å²) in [5.74, 6) is 1.78. The molecule has 0 aliphatic carbocycles. The Labute approximate surface area is 142 Å². The minimum absolute atomic E-state index is 0.333. The van der Waals surface area contributed by atoms with E-state index in [1.807, 2.05) is 30.3 Å². The Kier molecular flexibility index (Phi) is 4.13. The molecule has 1 saturated heterocycles. The first kappa shape index (κ1) is 15.1. The summed E-state index contributed by atoms with van der Waals surface area (Å²) in [4.78, 5) is 7.08. The highest BCUT2D eigenvalue weighted by Crippen LogP contribution is 2.28. The van der Waals surface area contributed by atoms with E-state index in [1.54, 1.807) is 0 Å². The van der Waals surface area contributed by atoms with Crippen molar-refractivity contribution >= 4 is 0 Å². The van der Waals surface area contributed by atoms with E-state index < -0.39 is 0 Å². The number of aromatic nitrogens is 2. The lowest BCUT2D eigenvalue weighted by atomic mass is 10.1. The summed E-state index contributed by atoms with van der Waals surface area (Å²) in [5, 5.41) is 4.15. The second-order valence-corrected chi connectivity index (χ2v) is 6.53.